The highest BCUT2D eigenvalue weighted by molar-refractivity contribution is 5.82. The molecule has 6 nitrogen and oxygen atoms in total. The SMILES string of the molecule is CN=C(NCc1ccc(N2CCNC(=O)C2)cc1)NC1CCC(C(C)C)CC1. The number of rotatable bonds is 5. The van der Waals surface area contributed by atoms with Crippen molar-refractivity contribution in [1.82, 2.24) is 16.0 Å². The Kier molecular flexibility index (Phi) is 7.18. The lowest BCUT2D eigenvalue weighted by atomic mass is 9.80. The first kappa shape index (κ1) is 20.5. The highest BCUT2D eigenvalue weighted by Crippen LogP contribution is 2.29. The van der Waals surface area contributed by atoms with Crippen LogP contribution in [-0.4, -0.2) is 44.6 Å². The Morgan fingerprint density at radius 1 is 1.21 bits per heavy atom. The lowest BCUT2D eigenvalue weighted by molar-refractivity contribution is -0.120. The summed E-state index contributed by atoms with van der Waals surface area (Å²) in [6.07, 6.45) is 5.06. The minimum absolute atomic E-state index is 0.0919. The fourth-order valence-electron chi connectivity index (χ4n) is 4.19. The quantitative estimate of drug-likeness (QED) is 0.538. The zero-order valence-corrected chi connectivity index (χ0v) is 17.5. The summed E-state index contributed by atoms with van der Waals surface area (Å²) >= 11 is 0. The van der Waals surface area contributed by atoms with Crippen molar-refractivity contribution in [1.29, 1.82) is 0 Å². The second-order valence-electron chi connectivity index (χ2n) is 8.36. The Balaban J connectivity index is 1.45. The molecule has 1 saturated carbocycles. The van der Waals surface area contributed by atoms with Gasteiger partial charge in [-0.15, -0.1) is 0 Å². The van der Waals surface area contributed by atoms with Crippen LogP contribution >= 0.6 is 0 Å². The molecule has 1 aromatic carbocycles. The van der Waals surface area contributed by atoms with E-state index in [0.29, 0.717) is 19.1 Å². The summed E-state index contributed by atoms with van der Waals surface area (Å²) < 4.78 is 0. The average Bonchev–Trinajstić information content (AvgIpc) is 2.72. The van der Waals surface area contributed by atoms with Crippen molar-refractivity contribution in [2.45, 2.75) is 52.1 Å². The van der Waals surface area contributed by atoms with E-state index >= 15 is 0 Å². The van der Waals surface area contributed by atoms with Gasteiger partial charge in [-0.25, -0.2) is 0 Å². The molecule has 1 heterocycles. The van der Waals surface area contributed by atoms with Gasteiger partial charge in [-0.3, -0.25) is 9.79 Å². The molecule has 2 fully saturated rings. The Morgan fingerprint density at radius 3 is 2.54 bits per heavy atom. The fraction of sp³-hybridized carbons (Fsp3) is 0.636. The lowest BCUT2D eigenvalue weighted by Crippen LogP contribution is -2.47. The second-order valence-corrected chi connectivity index (χ2v) is 8.36. The van der Waals surface area contributed by atoms with Gasteiger partial charge in [-0.05, 0) is 55.2 Å². The molecule has 1 aliphatic carbocycles. The molecule has 0 bridgehead atoms. The van der Waals surface area contributed by atoms with Crippen LogP contribution in [0.3, 0.4) is 0 Å². The minimum atomic E-state index is 0.0919. The third-order valence-electron chi connectivity index (χ3n) is 6.08. The van der Waals surface area contributed by atoms with Crippen molar-refractivity contribution >= 4 is 17.6 Å². The number of carbonyl (C=O) groups is 1. The number of anilines is 1. The Bertz CT molecular complexity index is 662. The first-order valence-corrected chi connectivity index (χ1v) is 10.6. The standard InChI is InChI=1S/C22H35N5O/c1-16(2)18-6-8-19(9-7-18)26-22(23-3)25-14-17-4-10-20(11-5-17)27-13-12-24-21(28)15-27/h4-5,10-11,16,18-19H,6-9,12-15H2,1-3H3,(H,24,28)(H2,23,25,26). The third-order valence-corrected chi connectivity index (χ3v) is 6.08. The number of amides is 1. The monoisotopic (exact) mass is 385 g/mol. The molecule has 1 amide bonds. The molecule has 1 aromatic rings. The summed E-state index contributed by atoms with van der Waals surface area (Å²) in [5.74, 6) is 2.64. The lowest BCUT2D eigenvalue weighted by Gasteiger charge is -2.32. The van der Waals surface area contributed by atoms with Crippen LogP contribution in [0.5, 0.6) is 0 Å². The van der Waals surface area contributed by atoms with Gasteiger partial charge in [0.2, 0.25) is 5.91 Å². The largest absolute Gasteiger partial charge is 0.360 e. The summed E-state index contributed by atoms with van der Waals surface area (Å²) in [4.78, 5) is 18.1. The summed E-state index contributed by atoms with van der Waals surface area (Å²) in [6.45, 7) is 7.42. The first-order chi connectivity index (χ1) is 13.5. The fourth-order valence-corrected chi connectivity index (χ4v) is 4.19. The van der Waals surface area contributed by atoms with Gasteiger partial charge >= 0.3 is 0 Å². The molecule has 3 rings (SSSR count). The van der Waals surface area contributed by atoms with Crippen LogP contribution in [0.2, 0.25) is 0 Å². The molecule has 1 saturated heterocycles. The number of nitrogens with zero attached hydrogens (tertiary/aromatic N) is 2. The van der Waals surface area contributed by atoms with Crippen LogP contribution in [0.1, 0.15) is 45.1 Å². The Labute approximate surface area is 169 Å². The highest BCUT2D eigenvalue weighted by atomic mass is 16.2. The number of carbonyl (C=O) groups excluding carboxylic acids is 1. The number of nitrogens with one attached hydrogen (secondary N) is 3. The summed E-state index contributed by atoms with van der Waals surface area (Å²) in [6, 6.07) is 8.96. The van der Waals surface area contributed by atoms with Crippen LogP contribution in [-0.2, 0) is 11.3 Å². The summed E-state index contributed by atoms with van der Waals surface area (Å²) in [5.41, 5.74) is 2.31. The van der Waals surface area contributed by atoms with Crippen molar-refractivity contribution < 1.29 is 4.79 Å². The maximum Gasteiger partial charge on any atom is 0.239 e. The van der Waals surface area contributed by atoms with Gasteiger partial charge in [0.25, 0.3) is 0 Å². The van der Waals surface area contributed by atoms with Gasteiger partial charge in [0.15, 0.2) is 5.96 Å². The molecule has 0 radical (unpaired) electrons. The van der Waals surface area contributed by atoms with Crippen LogP contribution in [0.25, 0.3) is 0 Å². The van der Waals surface area contributed by atoms with Crippen LogP contribution in [0, 0.1) is 11.8 Å². The highest BCUT2D eigenvalue weighted by Gasteiger charge is 2.23. The van der Waals surface area contributed by atoms with E-state index in [4.69, 9.17) is 0 Å². The van der Waals surface area contributed by atoms with E-state index in [2.05, 4.69) is 64.0 Å². The van der Waals surface area contributed by atoms with Crippen molar-refractivity contribution in [2.75, 3.05) is 31.6 Å². The number of guanidine groups is 1. The molecule has 28 heavy (non-hydrogen) atoms. The molecular weight excluding hydrogens is 350 g/mol. The molecule has 1 aliphatic heterocycles. The predicted molar refractivity (Wildman–Crippen MR) is 116 cm³/mol. The Hall–Kier alpha value is -2.24. The van der Waals surface area contributed by atoms with Crippen LogP contribution in [0.15, 0.2) is 29.3 Å². The van der Waals surface area contributed by atoms with Crippen molar-refractivity contribution in [3.63, 3.8) is 0 Å². The van der Waals surface area contributed by atoms with E-state index in [0.717, 1.165) is 36.6 Å². The molecule has 0 aromatic heterocycles. The smallest absolute Gasteiger partial charge is 0.239 e. The number of hydrogen-bond donors (Lipinski definition) is 3. The van der Waals surface area contributed by atoms with E-state index in [1.165, 1.54) is 31.2 Å². The van der Waals surface area contributed by atoms with Gasteiger partial charge in [0.1, 0.15) is 0 Å². The molecule has 6 heteroatoms. The van der Waals surface area contributed by atoms with Gasteiger partial charge in [-0.2, -0.15) is 0 Å². The summed E-state index contributed by atoms with van der Waals surface area (Å²) in [5, 5.41) is 9.89. The number of aliphatic imine (C=N–C) groups is 1. The molecule has 0 spiro atoms. The molecular formula is C22H35N5O. The molecule has 3 N–H and O–H groups in total. The Morgan fingerprint density at radius 2 is 1.93 bits per heavy atom. The molecule has 2 aliphatic rings. The maximum absolute atomic E-state index is 11.6. The molecule has 0 atom stereocenters. The third kappa shape index (κ3) is 5.63. The second kappa shape index (κ2) is 9.80. The maximum atomic E-state index is 11.6. The zero-order chi connectivity index (χ0) is 19.9. The van der Waals surface area contributed by atoms with Gasteiger partial charge < -0.3 is 20.9 Å². The number of piperazine rings is 1. The first-order valence-electron chi connectivity index (χ1n) is 10.6. The number of hydrogen-bond acceptors (Lipinski definition) is 3. The van der Waals surface area contributed by atoms with Crippen molar-refractivity contribution in [3.05, 3.63) is 29.8 Å². The predicted octanol–water partition coefficient (Wildman–Crippen LogP) is 2.50. The van der Waals surface area contributed by atoms with Crippen LogP contribution in [0.4, 0.5) is 5.69 Å². The van der Waals surface area contributed by atoms with Crippen LogP contribution < -0.4 is 20.9 Å². The van der Waals surface area contributed by atoms with Gasteiger partial charge in [0.05, 0.1) is 6.54 Å². The van der Waals surface area contributed by atoms with Crippen molar-refractivity contribution in [3.8, 4) is 0 Å². The zero-order valence-electron chi connectivity index (χ0n) is 17.5. The topological polar surface area (TPSA) is 68.8 Å². The minimum Gasteiger partial charge on any atom is -0.360 e. The van der Waals surface area contributed by atoms with E-state index in [1.807, 2.05) is 7.05 Å². The normalized spacial score (nSPS) is 23.5. The van der Waals surface area contributed by atoms with E-state index in [9.17, 15) is 4.79 Å². The average molecular weight is 386 g/mol. The van der Waals surface area contributed by atoms with E-state index in [1.54, 1.807) is 0 Å². The van der Waals surface area contributed by atoms with E-state index in [-0.39, 0.29) is 5.91 Å². The van der Waals surface area contributed by atoms with Gasteiger partial charge in [-0.1, -0.05) is 26.0 Å². The molecule has 0 unspecified atom stereocenters. The number of benzene rings is 1. The summed E-state index contributed by atoms with van der Waals surface area (Å²) in [7, 11) is 1.83. The van der Waals surface area contributed by atoms with Crippen molar-refractivity contribution in [2.24, 2.45) is 16.8 Å². The van der Waals surface area contributed by atoms with E-state index < -0.39 is 0 Å². The molecule has 154 valence electrons. The van der Waals surface area contributed by atoms with Gasteiger partial charge in [0, 0.05) is 38.4 Å².